The van der Waals surface area contributed by atoms with Gasteiger partial charge in [-0.2, -0.15) is 0 Å². The van der Waals surface area contributed by atoms with Gasteiger partial charge in [0.1, 0.15) is 9.84 Å². The van der Waals surface area contributed by atoms with Crippen molar-refractivity contribution < 1.29 is 13.2 Å². The summed E-state index contributed by atoms with van der Waals surface area (Å²) in [7, 11) is -2.86. The Labute approximate surface area is 111 Å². The van der Waals surface area contributed by atoms with E-state index in [1.807, 2.05) is 12.1 Å². The molecule has 0 atom stereocenters. The minimum Gasteiger partial charge on any atom is -0.349 e. The summed E-state index contributed by atoms with van der Waals surface area (Å²) in [4.78, 5) is 13.8. The maximum atomic E-state index is 12.0. The second kappa shape index (κ2) is 5.40. The van der Waals surface area contributed by atoms with Crippen LogP contribution in [0.2, 0.25) is 0 Å². The molecule has 1 aromatic rings. The van der Waals surface area contributed by atoms with Crippen molar-refractivity contribution in [3.63, 3.8) is 0 Å². The molecular weight excluding hydrogens is 270 g/mol. The molecule has 4 nitrogen and oxygen atoms in total. The quantitative estimate of drug-likeness (QED) is 0.919. The van der Waals surface area contributed by atoms with Gasteiger partial charge in [0.05, 0.1) is 16.4 Å². The third kappa shape index (κ3) is 3.32. The molecular formula is C12H17NO3S2. The van der Waals surface area contributed by atoms with Crippen LogP contribution in [0.25, 0.3) is 0 Å². The zero-order valence-electron chi connectivity index (χ0n) is 10.3. The maximum Gasteiger partial charge on any atom is 0.261 e. The molecule has 0 spiro atoms. The molecule has 1 aromatic heterocycles. The smallest absolute Gasteiger partial charge is 0.261 e. The molecule has 2 heterocycles. The number of carbonyl (C=O) groups excluding carboxylic acids is 1. The lowest BCUT2D eigenvalue weighted by Gasteiger charge is -2.22. The molecule has 1 amide bonds. The SMILES string of the molecule is CCc1ccc(C(=O)NC2CCS(=O)(=O)CC2)s1. The van der Waals surface area contributed by atoms with Gasteiger partial charge in [0, 0.05) is 10.9 Å². The van der Waals surface area contributed by atoms with Crippen LogP contribution in [0.15, 0.2) is 12.1 Å². The van der Waals surface area contributed by atoms with Gasteiger partial charge in [-0.1, -0.05) is 6.92 Å². The predicted octanol–water partition coefficient (Wildman–Crippen LogP) is 1.62. The van der Waals surface area contributed by atoms with Crippen LogP contribution in [0.1, 0.15) is 34.3 Å². The summed E-state index contributed by atoms with van der Waals surface area (Å²) in [5.41, 5.74) is 0. The van der Waals surface area contributed by atoms with Crippen molar-refractivity contribution in [2.75, 3.05) is 11.5 Å². The van der Waals surface area contributed by atoms with E-state index < -0.39 is 9.84 Å². The Bertz CT molecular complexity index is 519. The second-order valence-electron chi connectivity index (χ2n) is 4.52. The Kier molecular flexibility index (Phi) is 4.07. The zero-order chi connectivity index (χ0) is 13.2. The average molecular weight is 287 g/mol. The van der Waals surface area contributed by atoms with Crippen molar-refractivity contribution in [1.29, 1.82) is 0 Å². The average Bonchev–Trinajstić information content (AvgIpc) is 2.80. The van der Waals surface area contributed by atoms with Gasteiger partial charge in [-0.3, -0.25) is 4.79 Å². The van der Waals surface area contributed by atoms with Crippen molar-refractivity contribution in [3.05, 3.63) is 21.9 Å². The molecule has 1 aliphatic rings. The van der Waals surface area contributed by atoms with Gasteiger partial charge < -0.3 is 5.32 Å². The monoisotopic (exact) mass is 287 g/mol. The number of aryl methyl sites for hydroxylation is 1. The van der Waals surface area contributed by atoms with Crippen LogP contribution < -0.4 is 5.32 Å². The number of rotatable bonds is 3. The highest BCUT2D eigenvalue weighted by Crippen LogP contribution is 2.18. The topological polar surface area (TPSA) is 63.2 Å². The highest BCUT2D eigenvalue weighted by molar-refractivity contribution is 7.91. The summed E-state index contributed by atoms with van der Waals surface area (Å²) in [5, 5.41) is 2.92. The largest absolute Gasteiger partial charge is 0.349 e. The van der Waals surface area contributed by atoms with E-state index in [-0.39, 0.29) is 23.5 Å². The third-order valence-corrected chi connectivity index (χ3v) is 6.07. The fraction of sp³-hybridized carbons (Fsp3) is 0.583. The Hall–Kier alpha value is -0.880. The normalized spacial score (nSPS) is 19.6. The summed E-state index contributed by atoms with van der Waals surface area (Å²) < 4.78 is 22.6. The first kappa shape index (κ1) is 13.5. The molecule has 0 unspecified atom stereocenters. The second-order valence-corrected chi connectivity index (χ2v) is 7.99. The Morgan fingerprint density at radius 2 is 2.06 bits per heavy atom. The van der Waals surface area contributed by atoms with Crippen LogP contribution in [-0.4, -0.2) is 31.9 Å². The number of thiophene rings is 1. The van der Waals surface area contributed by atoms with E-state index in [9.17, 15) is 13.2 Å². The molecule has 0 radical (unpaired) electrons. The Morgan fingerprint density at radius 1 is 1.39 bits per heavy atom. The van der Waals surface area contributed by atoms with Crippen LogP contribution in [0.3, 0.4) is 0 Å². The first-order valence-electron chi connectivity index (χ1n) is 6.10. The first-order chi connectivity index (χ1) is 8.50. The molecule has 100 valence electrons. The van der Waals surface area contributed by atoms with E-state index in [0.29, 0.717) is 17.7 Å². The number of hydrogen-bond donors (Lipinski definition) is 1. The molecule has 1 N–H and O–H groups in total. The van der Waals surface area contributed by atoms with E-state index in [1.165, 1.54) is 16.2 Å². The maximum absolute atomic E-state index is 12.0. The minimum absolute atomic E-state index is 0.00629. The van der Waals surface area contributed by atoms with E-state index in [4.69, 9.17) is 0 Å². The fourth-order valence-corrected chi connectivity index (χ4v) is 4.32. The van der Waals surface area contributed by atoms with Crippen LogP contribution in [0.5, 0.6) is 0 Å². The highest BCUT2D eigenvalue weighted by atomic mass is 32.2. The van der Waals surface area contributed by atoms with Crippen molar-refractivity contribution in [3.8, 4) is 0 Å². The molecule has 0 bridgehead atoms. The number of hydrogen-bond acceptors (Lipinski definition) is 4. The molecule has 1 aliphatic heterocycles. The van der Waals surface area contributed by atoms with Gasteiger partial charge in [0.15, 0.2) is 0 Å². The summed E-state index contributed by atoms with van der Waals surface area (Å²) in [6, 6.07) is 3.79. The first-order valence-corrected chi connectivity index (χ1v) is 8.74. The van der Waals surface area contributed by atoms with Gasteiger partial charge in [0.2, 0.25) is 0 Å². The van der Waals surface area contributed by atoms with Crippen molar-refractivity contribution in [2.24, 2.45) is 0 Å². The number of sulfone groups is 1. The lowest BCUT2D eigenvalue weighted by Crippen LogP contribution is -2.40. The van der Waals surface area contributed by atoms with Gasteiger partial charge in [-0.05, 0) is 31.4 Å². The Morgan fingerprint density at radius 3 is 2.61 bits per heavy atom. The Balaban J connectivity index is 1.92. The molecule has 1 fully saturated rings. The van der Waals surface area contributed by atoms with Gasteiger partial charge in [-0.25, -0.2) is 8.42 Å². The van der Waals surface area contributed by atoms with Crippen LogP contribution in [-0.2, 0) is 16.3 Å². The van der Waals surface area contributed by atoms with Gasteiger partial charge in [0.25, 0.3) is 5.91 Å². The number of amides is 1. The molecule has 6 heteroatoms. The van der Waals surface area contributed by atoms with Crippen LogP contribution in [0, 0.1) is 0 Å². The summed E-state index contributed by atoms with van der Waals surface area (Å²) >= 11 is 1.50. The summed E-state index contributed by atoms with van der Waals surface area (Å²) in [6.45, 7) is 2.06. The number of carbonyl (C=O) groups is 1. The van der Waals surface area contributed by atoms with Crippen molar-refractivity contribution >= 4 is 27.1 Å². The van der Waals surface area contributed by atoms with Gasteiger partial charge in [-0.15, -0.1) is 11.3 Å². The molecule has 0 saturated carbocycles. The predicted molar refractivity (Wildman–Crippen MR) is 72.8 cm³/mol. The van der Waals surface area contributed by atoms with E-state index in [0.717, 1.165) is 6.42 Å². The van der Waals surface area contributed by atoms with Crippen molar-refractivity contribution in [1.82, 2.24) is 5.32 Å². The van der Waals surface area contributed by atoms with Crippen LogP contribution >= 0.6 is 11.3 Å². The van der Waals surface area contributed by atoms with Crippen molar-refractivity contribution in [2.45, 2.75) is 32.2 Å². The minimum atomic E-state index is -2.86. The fourth-order valence-electron chi connectivity index (χ4n) is 1.98. The standard InChI is InChI=1S/C12H17NO3S2/c1-2-10-3-4-11(17-10)12(14)13-9-5-7-18(15,16)8-6-9/h3-4,9H,2,5-8H2,1H3,(H,13,14). The molecule has 0 aliphatic carbocycles. The summed E-state index contributed by atoms with van der Waals surface area (Å²) in [5.74, 6) is 0.287. The summed E-state index contributed by atoms with van der Waals surface area (Å²) in [6.07, 6.45) is 1.99. The third-order valence-electron chi connectivity index (χ3n) is 3.12. The van der Waals surface area contributed by atoms with E-state index >= 15 is 0 Å². The molecule has 18 heavy (non-hydrogen) atoms. The van der Waals surface area contributed by atoms with Crippen LogP contribution in [0.4, 0.5) is 0 Å². The molecule has 2 rings (SSSR count). The van der Waals surface area contributed by atoms with Gasteiger partial charge >= 0.3 is 0 Å². The number of nitrogens with one attached hydrogen (secondary N) is 1. The highest BCUT2D eigenvalue weighted by Gasteiger charge is 2.25. The van der Waals surface area contributed by atoms with E-state index in [2.05, 4.69) is 12.2 Å². The van der Waals surface area contributed by atoms with E-state index in [1.54, 1.807) is 0 Å². The zero-order valence-corrected chi connectivity index (χ0v) is 11.9. The lowest BCUT2D eigenvalue weighted by atomic mass is 10.1. The molecule has 1 saturated heterocycles. The molecule has 0 aromatic carbocycles. The lowest BCUT2D eigenvalue weighted by molar-refractivity contribution is 0.0938.